The van der Waals surface area contributed by atoms with Crippen LogP contribution in [0.2, 0.25) is 0 Å². The minimum absolute atomic E-state index is 0.0559. The fourth-order valence-corrected chi connectivity index (χ4v) is 6.11. The fraction of sp³-hybridized carbons (Fsp3) is 0.250. The van der Waals surface area contributed by atoms with E-state index in [4.69, 9.17) is 17.3 Å². The Labute approximate surface area is 192 Å². The lowest BCUT2D eigenvalue weighted by Crippen LogP contribution is -2.70. The first kappa shape index (κ1) is 21.7. The van der Waals surface area contributed by atoms with E-state index < -0.39 is 29.2 Å². The Bertz CT molecular complexity index is 1100. The number of carboxylic acid groups (broad SMARTS) is 1. The van der Waals surface area contributed by atoms with Crippen LogP contribution in [0.25, 0.3) is 5.57 Å². The van der Waals surface area contributed by atoms with Crippen molar-refractivity contribution in [2.45, 2.75) is 16.4 Å². The molecule has 15 heteroatoms. The van der Waals surface area contributed by atoms with Gasteiger partial charge in [-0.1, -0.05) is 16.8 Å². The average Bonchev–Trinajstić information content (AvgIpc) is 3.42. The summed E-state index contributed by atoms with van der Waals surface area (Å²) in [7, 11) is 0. The molecule has 2 aliphatic rings. The van der Waals surface area contributed by atoms with Crippen LogP contribution < -0.4 is 11.1 Å². The first-order valence-corrected chi connectivity index (χ1v) is 12.0. The van der Waals surface area contributed by atoms with Crippen LogP contribution in [-0.2, 0) is 14.4 Å². The number of carbonyl (C=O) groups is 3. The molecule has 2 atom stereocenters. The molecule has 0 spiro atoms. The molecule has 1 saturated heterocycles. The van der Waals surface area contributed by atoms with Crippen molar-refractivity contribution in [2.24, 2.45) is 0 Å². The molecule has 11 nitrogen and oxygen atoms in total. The van der Waals surface area contributed by atoms with Crippen LogP contribution in [0.4, 0.5) is 5.13 Å². The van der Waals surface area contributed by atoms with Gasteiger partial charge in [-0.25, -0.2) is 9.78 Å². The number of hydrogen-bond acceptors (Lipinski definition) is 10. The first-order chi connectivity index (χ1) is 14.9. The highest BCUT2D eigenvalue weighted by Crippen LogP contribution is 2.41. The van der Waals surface area contributed by atoms with Crippen LogP contribution in [0.15, 0.2) is 33.4 Å². The Morgan fingerprint density at radius 1 is 1.52 bits per heavy atom. The fourth-order valence-electron chi connectivity index (χ4n) is 3.07. The predicted octanol–water partition coefficient (Wildman–Crippen LogP) is 0.954. The number of thioether (sulfide) groups is 2. The van der Waals surface area contributed by atoms with E-state index in [1.165, 1.54) is 34.6 Å². The van der Waals surface area contributed by atoms with Gasteiger partial charge < -0.3 is 16.2 Å². The third kappa shape index (κ3) is 4.15. The van der Waals surface area contributed by atoms with E-state index >= 15 is 0 Å². The largest absolute Gasteiger partial charge is 0.477 e. The second-order valence-corrected chi connectivity index (χ2v) is 9.55. The number of aliphatic carboxylic acids is 1. The summed E-state index contributed by atoms with van der Waals surface area (Å²) < 4.78 is 0. The van der Waals surface area contributed by atoms with Crippen molar-refractivity contribution in [3.63, 3.8) is 0 Å². The van der Waals surface area contributed by atoms with Crippen molar-refractivity contribution >= 4 is 74.9 Å². The molecule has 0 saturated carbocycles. The normalized spacial score (nSPS) is 21.0. The standard InChI is InChI=1S/C16H14ClN7O4S3/c17-1-7(8-5-31-16(18)20-8)12(25)21-10-13(26)24-11(15(27)28)6(4-30-14(10)24)3-29-9-2-19-23-22-9/h1-2,5,10,14H,3-4H2,(H2,18,20)(H,21,25)(H,27,28)(H,19,22,23)/t10?,14-/m0/s1. The molecule has 4 heterocycles. The van der Waals surface area contributed by atoms with Crippen molar-refractivity contribution in [2.75, 3.05) is 17.2 Å². The molecule has 2 aromatic heterocycles. The van der Waals surface area contributed by atoms with E-state index in [0.29, 0.717) is 27.8 Å². The van der Waals surface area contributed by atoms with Gasteiger partial charge in [-0.15, -0.1) is 40.0 Å². The van der Waals surface area contributed by atoms with Crippen LogP contribution in [0.3, 0.4) is 0 Å². The van der Waals surface area contributed by atoms with E-state index in [2.05, 4.69) is 25.7 Å². The summed E-state index contributed by atoms with van der Waals surface area (Å²) in [5, 5.41) is 24.3. The van der Waals surface area contributed by atoms with Crippen LogP contribution in [0.1, 0.15) is 5.69 Å². The van der Waals surface area contributed by atoms with Crippen LogP contribution in [0, 0.1) is 0 Å². The number of nitrogen functional groups attached to an aromatic ring is 1. The van der Waals surface area contributed by atoms with Gasteiger partial charge in [0.2, 0.25) is 0 Å². The molecule has 2 amide bonds. The minimum Gasteiger partial charge on any atom is -0.477 e. The van der Waals surface area contributed by atoms with Crippen molar-refractivity contribution in [3.05, 3.63) is 34.1 Å². The van der Waals surface area contributed by atoms with Gasteiger partial charge in [-0.3, -0.25) is 19.6 Å². The summed E-state index contributed by atoms with van der Waals surface area (Å²) in [6.07, 6.45) is 1.53. The van der Waals surface area contributed by atoms with Gasteiger partial charge in [0.1, 0.15) is 22.1 Å². The smallest absolute Gasteiger partial charge is 0.352 e. The second-order valence-electron chi connectivity index (χ2n) is 6.32. The number of amides is 2. The number of β-lactam (4-membered cyclic amide) rings is 1. The number of carbonyl (C=O) groups excluding carboxylic acids is 2. The minimum atomic E-state index is -1.19. The predicted molar refractivity (Wildman–Crippen MR) is 117 cm³/mol. The Morgan fingerprint density at radius 2 is 2.32 bits per heavy atom. The molecule has 0 bridgehead atoms. The van der Waals surface area contributed by atoms with Crippen molar-refractivity contribution in [1.29, 1.82) is 0 Å². The highest BCUT2D eigenvalue weighted by atomic mass is 35.5. The lowest BCUT2D eigenvalue weighted by atomic mass is 10.0. The van der Waals surface area contributed by atoms with E-state index in [0.717, 1.165) is 16.9 Å². The summed E-state index contributed by atoms with van der Waals surface area (Å²) in [6, 6.07) is -0.875. The summed E-state index contributed by atoms with van der Waals surface area (Å²) in [5.74, 6) is -1.52. The van der Waals surface area contributed by atoms with Gasteiger partial charge in [-0.2, -0.15) is 0 Å². The van der Waals surface area contributed by atoms with Crippen molar-refractivity contribution in [1.82, 2.24) is 30.6 Å². The van der Waals surface area contributed by atoms with Gasteiger partial charge in [0.25, 0.3) is 11.8 Å². The Hall–Kier alpha value is -2.55. The molecule has 0 aromatic carbocycles. The Morgan fingerprint density at radius 3 is 2.94 bits per heavy atom. The third-order valence-corrected chi connectivity index (χ3v) is 7.72. The lowest BCUT2D eigenvalue weighted by molar-refractivity contribution is -0.150. The second kappa shape index (κ2) is 8.90. The average molecular weight is 500 g/mol. The SMILES string of the molecule is Nc1nc(C(=CCl)C(=O)NC2C(=O)N3C(C(=O)O)=C(CSc4cnn[nH]4)CS[C@@H]23)cs1. The van der Waals surface area contributed by atoms with Crippen molar-refractivity contribution in [3.8, 4) is 0 Å². The zero-order valence-corrected chi connectivity index (χ0v) is 18.6. The molecule has 0 aliphatic carbocycles. The number of halogens is 1. The number of nitrogens with one attached hydrogen (secondary N) is 2. The molecule has 31 heavy (non-hydrogen) atoms. The number of carboxylic acids is 1. The molecule has 4 rings (SSSR count). The zero-order valence-electron chi connectivity index (χ0n) is 15.4. The van der Waals surface area contributed by atoms with E-state index in [1.54, 1.807) is 5.38 Å². The monoisotopic (exact) mass is 499 g/mol. The molecular weight excluding hydrogens is 486 g/mol. The summed E-state index contributed by atoms with van der Waals surface area (Å²) >= 11 is 9.66. The summed E-state index contributed by atoms with van der Waals surface area (Å²) in [5.41, 5.74) is 7.59. The third-order valence-electron chi connectivity index (χ3n) is 4.48. The number of nitrogens with two attached hydrogens (primary N) is 1. The van der Waals surface area contributed by atoms with Crippen molar-refractivity contribution < 1.29 is 19.5 Å². The zero-order chi connectivity index (χ0) is 22.1. The first-order valence-electron chi connectivity index (χ1n) is 8.62. The topological polar surface area (TPSA) is 167 Å². The Kier molecular flexibility index (Phi) is 6.22. The van der Waals surface area contributed by atoms with Gasteiger partial charge in [0, 0.05) is 22.4 Å². The number of hydrogen-bond donors (Lipinski definition) is 4. The highest BCUT2D eigenvalue weighted by Gasteiger charge is 2.54. The van der Waals surface area contributed by atoms with Gasteiger partial charge in [0.15, 0.2) is 5.13 Å². The van der Waals surface area contributed by atoms with E-state index in [-0.39, 0.29) is 16.4 Å². The molecule has 162 valence electrons. The number of nitrogens with zero attached hydrogens (tertiary/aromatic N) is 4. The molecular formula is C16H14ClN7O4S3. The molecule has 2 aliphatic heterocycles. The van der Waals surface area contributed by atoms with Gasteiger partial charge in [0.05, 0.1) is 17.5 Å². The molecule has 1 fully saturated rings. The number of rotatable bonds is 7. The van der Waals surface area contributed by atoms with Crippen LogP contribution in [0.5, 0.6) is 0 Å². The number of fused-ring (bicyclic) bond motifs is 1. The Balaban J connectivity index is 1.48. The molecule has 2 aromatic rings. The maximum absolute atomic E-state index is 12.8. The highest BCUT2D eigenvalue weighted by molar-refractivity contribution is 8.01. The number of H-pyrrole nitrogens is 1. The maximum Gasteiger partial charge on any atom is 0.352 e. The van der Waals surface area contributed by atoms with Crippen LogP contribution >= 0.6 is 46.5 Å². The summed E-state index contributed by atoms with van der Waals surface area (Å²) in [6.45, 7) is 0. The number of anilines is 1. The summed E-state index contributed by atoms with van der Waals surface area (Å²) in [4.78, 5) is 42.5. The van der Waals surface area contributed by atoms with E-state index in [9.17, 15) is 19.5 Å². The lowest BCUT2D eigenvalue weighted by Gasteiger charge is -2.49. The number of thiazole rings is 1. The quantitative estimate of drug-likeness (QED) is 0.244. The number of aromatic nitrogens is 4. The molecule has 0 radical (unpaired) electrons. The van der Waals surface area contributed by atoms with Crippen LogP contribution in [-0.4, -0.2) is 71.1 Å². The molecule has 5 N–H and O–H groups in total. The van der Waals surface area contributed by atoms with Gasteiger partial charge in [-0.05, 0) is 5.57 Å². The van der Waals surface area contributed by atoms with E-state index in [1.807, 2.05) is 0 Å². The number of aromatic amines is 1. The molecule has 1 unspecified atom stereocenters. The maximum atomic E-state index is 12.8. The van der Waals surface area contributed by atoms with Gasteiger partial charge >= 0.3 is 5.97 Å².